The monoisotopic (exact) mass is 198 g/mol. The van der Waals surface area contributed by atoms with E-state index in [4.69, 9.17) is 9.84 Å². The number of carboxylic acid groups (broad SMARTS) is 1. The van der Waals surface area contributed by atoms with Crippen molar-refractivity contribution in [1.29, 1.82) is 0 Å². The van der Waals surface area contributed by atoms with Crippen molar-refractivity contribution in [3.05, 3.63) is 24.8 Å². The van der Waals surface area contributed by atoms with Crippen molar-refractivity contribution in [2.75, 3.05) is 6.61 Å². The summed E-state index contributed by atoms with van der Waals surface area (Å²) in [5.41, 5.74) is 0. The van der Waals surface area contributed by atoms with Gasteiger partial charge < -0.3 is 9.84 Å². The third-order valence-electron chi connectivity index (χ3n) is 1.68. The summed E-state index contributed by atoms with van der Waals surface area (Å²) >= 11 is 0. The summed E-state index contributed by atoms with van der Waals surface area (Å²) in [6.07, 6.45) is 7.26. The van der Waals surface area contributed by atoms with Crippen LogP contribution in [-0.2, 0) is 9.53 Å². The van der Waals surface area contributed by atoms with Gasteiger partial charge in [-0.05, 0) is 26.2 Å². The van der Waals surface area contributed by atoms with Crippen LogP contribution >= 0.6 is 0 Å². The second kappa shape index (κ2) is 8.51. The molecule has 0 amide bonds. The van der Waals surface area contributed by atoms with E-state index in [2.05, 4.69) is 6.58 Å². The molecule has 3 nitrogen and oxygen atoms in total. The van der Waals surface area contributed by atoms with Crippen molar-refractivity contribution in [3.63, 3.8) is 0 Å². The van der Waals surface area contributed by atoms with Crippen LogP contribution in [0.1, 0.15) is 26.2 Å². The molecule has 0 fully saturated rings. The molecule has 0 saturated carbocycles. The maximum atomic E-state index is 10.1. The number of rotatable bonds is 8. The molecule has 0 rings (SSSR count). The van der Waals surface area contributed by atoms with Gasteiger partial charge >= 0.3 is 5.97 Å². The maximum Gasteiger partial charge on any atom is 0.327 e. The first-order chi connectivity index (χ1) is 6.66. The Morgan fingerprint density at radius 2 is 2.36 bits per heavy atom. The average Bonchev–Trinajstić information content (AvgIpc) is 2.12. The SMILES string of the molecule is C=CCCCOC(C)CC=CC(=O)O. The topological polar surface area (TPSA) is 46.5 Å². The summed E-state index contributed by atoms with van der Waals surface area (Å²) in [6.45, 7) is 6.25. The third-order valence-corrected chi connectivity index (χ3v) is 1.68. The molecule has 0 aliphatic heterocycles. The van der Waals surface area contributed by atoms with Gasteiger partial charge in [-0.3, -0.25) is 0 Å². The molecular weight excluding hydrogens is 180 g/mol. The number of unbranched alkanes of at least 4 members (excludes halogenated alkanes) is 1. The molecule has 0 radical (unpaired) electrons. The van der Waals surface area contributed by atoms with Crippen LogP contribution in [-0.4, -0.2) is 23.8 Å². The number of hydrogen-bond donors (Lipinski definition) is 1. The van der Waals surface area contributed by atoms with E-state index in [1.54, 1.807) is 6.08 Å². The van der Waals surface area contributed by atoms with Crippen LogP contribution in [0.5, 0.6) is 0 Å². The average molecular weight is 198 g/mol. The van der Waals surface area contributed by atoms with Crippen molar-refractivity contribution in [3.8, 4) is 0 Å². The number of allylic oxidation sites excluding steroid dienone is 1. The predicted octanol–water partition coefficient (Wildman–Crippen LogP) is 2.39. The van der Waals surface area contributed by atoms with E-state index in [0.717, 1.165) is 18.9 Å². The third kappa shape index (κ3) is 9.00. The Labute approximate surface area is 85.1 Å². The zero-order valence-electron chi connectivity index (χ0n) is 8.61. The summed E-state index contributed by atoms with van der Waals surface area (Å²) in [5.74, 6) is -0.913. The van der Waals surface area contributed by atoms with E-state index in [1.807, 2.05) is 13.0 Å². The van der Waals surface area contributed by atoms with Crippen molar-refractivity contribution in [2.24, 2.45) is 0 Å². The molecule has 1 atom stereocenters. The van der Waals surface area contributed by atoms with Gasteiger partial charge in [0.05, 0.1) is 6.10 Å². The lowest BCUT2D eigenvalue weighted by atomic mass is 10.2. The van der Waals surface area contributed by atoms with Crippen LogP contribution in [0.15, 0.2) is 24.8 Å². The molecule has 0 aromatic carbocycles. The Balaban J connectivity index is 3.40. The molecular formula is C11H18O3. The molecule has 3 heteroatoms. The summed E-state index contributed by atoms with van der Waals surface area (Å²) in [4.78, 5) is 10.1. The second-order valence-corrected chi connectivity index (χ2v) is 3.09. The van der Waals surface area contributed by atoms with Crippen LogP contribution < -0.4 is 0 Å². The zero-order valence-corrected chi connectivity index (χ0v) is 8.61. The minimum absolute atomic E-state index is 0.0791. The Kier molecular flexibility index (Phi) is 7.84. The minimum atomic E-state index is -0.913. The summed E-state index contributed by atoms with van der Waals surface area (Å²) in [7, 11) is 0. The van der Waals surface area contributed by atoms with Crippen LogP contribution in [0.2, 0.25) is 0 Å². The summed E-state index contributed by atoms with van der Waals surface area (Å²) in [6, 6.07) is 0. The highest BCUT2D eigenvalue weighted by Crippen LogP contribution is 2.00. The van der Waals surface area contributed by atoms with E-state index < -0.39 is 5.97 Å². The first-order valence-corrected chi connectivity index (χ1v) is 4.78. The molecule has 0 aliphatic rings. The molecule has 0 spiro atoms. The van der Waals surface area contributed by atoms with Gasteiger partial charge in [-0.25, -0.2) is 4.79 Å². The number of ether oxygens (including phenoxy) is 1. The number of carbonyl (C=O) groups is 1. The zero-order chi connectivity index (χ0) is 10.8. The highest BCUT2D eigenvalue weighted by atomic mass is 16.5. The molecule has 0 aliphatic carbocycles. The molecule has 1 unspecified atom stereocenters. The molecule has 0 saturated heterocycles. The van der Waals surface area contributed by atoms with Gasteiger partial charge in [-0.1, -0.05) is 12.2 Å². The molecule has 80 valence electrons. The molecule has 14 heavy (non-hydrogen) atoms. The van der Waals surface area contributed by atoms with E-state index >= 15 is 0 Å². The highest BCUT2D eigenvalue weighted by Gasteiger charge is 1.98. The summed E-state index contributed by atoms with van der Waals surface area (Å²) < 4.78 is 5.43. The maximum absolute atomic E-state index is 10.1. The van der Waals surface area contributed by atoms with E-state index in [0.29, 0.717) is 13.0 Å². The van der Waals surface area contributed by atoms with Gasteiger partial charge in [0.2, 0.25) is 0 Å². The van der Waals surface area contributed by atoms with Crippen molar-refractivity contribution in [1.82, 2.24) is 0 Å². The molecule has 0 heterocycles. The highest BCUT2D eigenvalue weighted by molar-refractivity contribution is 5.79. The lowest BCUT2D eigenvalue weighted by molar-refractivity contribution is -0.131. The van der Waals surface area contributed by atoms with Crippen molar-refractivity contribution < 1.29 is 14.6 Å². The smallest absolute Gasteiger partial charge is 0.327 e. The fourth-order valence-corrected chi connectivity index (χ4v) is 0.941. The van der Waals surface area contributed by atoms with Gasteiger partial charge in [0.25, 0.3) is 0 Å². The number of aliphatic carboxylic acids is 1. The van der Waals surface area contributed by atoms with Crippen LogP contribution in [0.25, 0.3) is 0 Å². The number of carboxylic acids is 1. The van der Waals surface area contributed by atoms with E-state index in [1.165, 1.54) is 0 Å². The van der Waals surface area contributed by atoms with Crippen molar-refractivity contribution in [2.45, 2.75) is 32.3 Å². The molecule has 0 bridgehead atoms. The van der Waals surface area contributed by atoms with Gasteiger partial charge in [0.15, 0.2) is 0 Å². The van der Waals surface area contributed by atoms with Crippen LogP contribution in [0, 0.1) is 0 Å². The van der Waals surface area contributed by atoms with Gasteiger partial charge in [-0.15, -0.1) is 6.58 Å². The van der Waals surface area contributed by atoms with Crippen molar-refractivity contribution >= 4 is 5.97 Å². The van der Waals surface area contributed by atoms with E-state index in [-0.39, 0.29) is 6.10 Å². The Morgan fingerprint density at radius 3 is 2.93 bits per heavy atom. The molecule has 0 aromatic rings. The van der Waals surface area contributed by atoms with Crippen LogP contribution in [0.4, 0.5) is 0 Å². The van der Waals surface area contributed by atoms with E-state index in [9.17, 15) is 4.79 Å². The summed E-state index contributed by atoms with van der Waals surface area (Å²) in [5, 5.41) is 8.33. The Morgan fingerprint density at radius 1 is 1.64 bits per heavy atom. The number of hydrogen-bond acceptors (Lipinski definition) is 2. The van der Waals surface area contributed by atoms with Gasteiger partial charge in [-0.2, -0.15) is 0 Å². The van der Waals surface area contributed by atoms with Gasteiger partial charge in [0, 0.05) is 12.7 Å². The largest absolute Gasteiger partial charge is 0.478 e. The fraction of sp³-hybridized carbons (Fsp3) is 0.545. The predicted molar refractivity (Wildman–Crippen MR) is 56.2 cm³/mol. The normalized spacial score (nSPS) is 12.9. The molecule has 0 aromatic heterocycles. The first kappa shape index (κ1) is 12.9. The van der Waals surface area contributed by atoms with Gasteiger partial charge in [0.1, 0.15) is 0 Å². The second-order valence-electron chi connectivity index (χ2n) is 3.09. The lowest BCUT2D eigenvalue weighted by Gasteiger charge is -2.09. The minimum Gasteiger partial charge on any atom is -0.478 e. The fourth-order valence-electron chi connectivity index (χ4n) is 0.941. The quantitative estimate of drug-likeness (QED) is 0.370. The first-order valence-electron chi connectivity index (χ1n) is 4.78. The Bertz CT molecular complexity index is 197. The molecule has 1 N–H and O–H groups in total. The lowest BCUT2D eigenvalue weighted by Crippen LogP contribution is -2.08. The Hall–Kier alpha value is -1.09. The van der Waals surface area contributed by atoms with Crippen LogP contribution in [0.3, 0.4) is 0 Å². The standard InChI is InChI=1S/C11H18O3/c1-3-4-5-9-14-10(2)7-6-8-11(12)13/h3,6,8,10H,1,4-5,7,9H2,2H3,(H,12,13).